The third-order valence-corrected chi connectivity index (χ3v) is 3.79. The Labute approximate surface area is 102 Å². The van der Waals surface area contributed by atoms with Crippen LogP contribution in [0.4, 0.5) is 0 Å². The van der Waals surface area contributed by atoms with Gasteiger partial charge in [0.15, 0.2) is 0 Å². The number of rotatable bonds is 2. The summed E-state index contributed by atoms with van der Waals surface area (Å²) in [5, 5.41) is 0. The predicted molar refractivity (Wildman–Crippen MR) is 64.2 cm³/mol. The van der Waals surface area contributed by atoms with Gasteiger partial charge >= 0.3 is 0 Å². The number of hydrogen-bond donors (Lipinski definition) is 1. The van der Waals surface area contributed by atoms with E-state index in [4.69, 9.17) is 5.73 Å². The van der Waals surface area contributed by atoms with E-state index in [0.717, 1.165) is 25.9 Å². The van der Waals surface area contributed by atoms with E-state index < -0.39 is 0 Å². The lowest BCUT2D eigenvalue weighted by atomic mass is 9.95. The lowest BCUT2D eigenvalue weighted by Crippen LogP contribution is -2.49. The van der Waals surface area contributed by atoms with Crippen LogP contribution in [0.25, 0.3) is 0 Å². The Kier molecular flexibility index (Phi) is 3.79. The monoisotopic (exact) mass is 239 g/mol. The van der Waals surface area contributed by atoms with Gasteiger partial charge in [0, 0.05) is 32.1 Å². The fourth-order valence-electron chi connectivity index (χ4n) is 2.58. The van der Waals surface area contributed by atoms with Crippen LogP contribution in [-0.4, -0.2) is 53.8 Å². The molecule has 2 N–H and O–H groups in total. The van der Waals surface area contributed by atoms with Crippen molar-refractivity contribution in [3.05, 3.63) is 0 Å². The number of imide groups is 1. The molecule has 96 valence electrons. The minimum absolute atomic E-state index is 0.0169. The summed E-state index contributed by atoms with van der Waals surface area (Å²) >= 11 is 0. The van der Waals surface area contributed by atoms with Crippen molar-refractivity contribution in [3.8, 4) is 0 Å². The van der Waals surface area contributed by atoms with E-state index in [9.17, 15) is 9.59 Å². The molecular formula is C12H21N3O2. The van der Waals surface area contributed by atoms with Crippen molar-refractivity contribution in [1.29, 1.82) is 0 Å². The molecule has 2 unspecified atom stereocenters. The fraction of sp³-hybridized carbons (Fsp3) is 0.833. The Balaban J connectivity index is 1.84. The number of nitrogens with two attached hydrogens (primary N) is 1. The van der Waals surface area contributed by atoms with Gasteiger partial charge in [0.1, 0.15) is 0 Å². The summed E-state index contributed by atoms with van der Waals surface area (Å²) in [4.78, 5) is 26.9. The van der Waals surface area contributed by atoms with Crippen LogP contribution >= 0.6 is 0 Å². The molecule has 0 aromatic rings. The zero-order valence-electron chi connectivity index (χ0n) is 10.4. The lowest BCUT2D eigenvalue weighted by Gasteiger charge is -2.35. The molecule has 5 nitrogen and oxygen atoms in total. The van der Waals surface area contributed by atoms with Crippen LogP contribution in [0.2, 0.25) is 0 Å². The van der Waals surface area contributed by atoms with E-state index in [1.165, 1.54) is 4.90 Å². The number of nitrogens with zero attached hydrogens (tertiary/aromatic N) is 2. The Morgan fingerprint density at radius 1 is 1.47 bits per heavy atom. The molecule has 0 aliphatic carbocycles. The van der Waals surface area contributed by atoms with E-state index >= 15 is 0 Å². The molecule has 2 amide bonds. The average Bonchev–Trinajstić information content (AvgIpc) is 2.70. The molecule has 2 atom stereocenters. The standard InChI is InChI=1S/C12H21N3O2/c1-9-7-14(6-4-10(9)13)8-12(17)15-5-2-3-11(15)16/h9-10H,2-8,13H2,1H3. The van der Waals surface area contributed by atoms with E-state index in [1.54, 1.807) is 0 Å². The number of likely N-dealkylation sites (tertiary alicyclic amines) is 2. The number of carbonyl (C=O) groups excluding carboxylic acids is 2. The SMILES string of the molecule is CC1CN(CC(=O)N2CCCC2=O)CCC1N. The summed E-state index contributed by atoms with van der Waals surface area (Å²) in [5.74, 6) is 0.359. The molecular weight excluding hydrogens is 218 g/mol. The number of piperidine rings is 1. The van der Waals surface area contributed by atoms with Gasteiger partial charge in [-0.3, -0.25) is 19.4 Å². The van der Waals surface area contributed by atoms with Gasteiger partial charge < -0.3 is 5.73 Å². The third kappa shape index (κ3) is 2.84. The van der Waals surface area contributed by atoms with Crippen LogP contribution in [-0.2, 0) is 9.59 Å². The molecule has 0 bridgehead atoms. The number of hydrogen-bond acceptors (Lipinski definition) is 4. The third-order valence-electron chi connectivity index (χ3n) is 3.79. The van der Waals surface area contributed by atoms with Crippen molar-refractivity contribution < 1.29 is 9.59 Å². The van der Waals surface area contributed by atoms with Crippen LogP contribution in [0, 0.1) is 5.92 Å². The first-order valence-electron chi connectivity index (χ1n) is 6.39. The first-order chi connectivity index (χ1) is 8.08. The Morgan fingerprint density at radius 3 is 2.82 bits per heavy atom. The second-order valence-electron chi connectivity index (χ2n) is 5.21. The Morgan fingerprint density at radius 2 is 2.24 bits per heavy atom. The van der Waals surface area contributed by atoms with E-state index in [1.807, 2.05) is 0 Å². The van der Waals surface area contributed by atoms with Crippen molar-refractivity contribution in [2.75, 3.05) is 26.2 Å². The highest BCUT2D eigenvalue weighted by Gasteiger charge is 2.30. The molecule has 5 heteroatoms. The molecule has 2 aliphatic heterocycles. The van der Waals surface area contributed by atoms with Crippen LogP contribution in [0.15, 0.2) is 0 Å². The van der Waals surface area contributed by atoms with Crippen molar-refractivity contribution in [2.24, 2.45) is 11.7 Å². The zero-order chi connectivity index (χ0) is 12.4. The molecule has 0 aromatic carbocycles. The maximum Gasteiger partial charge on any atom is 0.243 e. The highest BCUT2D eigenvalue weighted by Crippen LogP contribution is 2.16. The minimum atomic E-state index is -0.0461. The molecule has 2 fully saturated rings. The van der Waals surface area contributed by atoms with Crippen LogP contribution in [0.3, 0.4) is 0 Å². The fourth-order valence-corrected chi connectivity index (χ4v) is 2.58. The van der Waals surface area contributed by atoms with Gasteiger partial charge in [-0.05, 0) is 18.8 Å². The molecule has 0 radical (unpaired) electrons. The first-order valence-corrected chi connectivity index (χ1v) is 6.39. The van der Waals surface area contributed by atoms with Crippen LogP contribution < -0.4 is 5.73 Å². The predicted octanol–water partition coefficient (Wildman–Crippen LogP) is -0.195. The van der Waals surface area contributed by atoms with Gasteiger partial charge in [-0.2, -0.15) is 0 Å². The largest absolute Gasteiger partial charge is 0.327 e. The van der Waals surface area contributed by atoms with Gasteiger partial charge in [0.05, 0.1) is 6.54 Å². The van der Waals surface area contributed by atoms with Gasteiger partial charge in [0.25, 0.3) is 0 Å². The van der Waals surface area contributed by atoms with E-state index in [-0.39, 0.29) is 17.9 Å². The van der Waals surface area contributed by atoms with Gasteiger partial charge in [-0.1, -0.05) is 6.92 Å². The molecule has 2 saturated heterocycles. The summed E-state index contributed by atoms with van der Waals surface area (Å²) in [7, 11) is 0. The quantitative estimate of drug-likeness (QED) is 0.725. The maximum absolute atomic E-state index is 11.9. The molecule has 2 rings (SSSR count). The maximum atomic E-state index is 11.9. The summed E-state index contributed by atoms with van der Waals surface area (Å²) in [6.45, 7) is 4.79. The number of carbonyl (C=O) groups is 2. The summed E-state index contributed by atoms with van der Waals surface area (Å²) in [6.07, 6.45) is 2.27. The average molecular weight is 239 g/mol. The normalized spacial score (nSPS) is 30.9. The molecule has 2 heterocycles. The molecule has 0 saturated carbocycles. The lowest BCUT2D eigenvalue weighted by molar-refractivity contribution is -0.142. The molecule has 2 aliphatic rings. The van der Waals surface area contributed by atoms with Crippen LogP contribution in [0.1, 0.15) is 26.2 Å². The highest BCUT2D eigenvalue weighted by molar-refractivity contribution is 5.97. The van der Waals surface area contributed by atoms with Crippen molar-refractivity contribution in [1.82, 2.24) is 9.80 Å². The second-order valence-corrected chi connectivity index (χ2v) is 5.21. The Bertz CT molecular complexity index is 319. The van der Waals surface area contributed by atoms with E-state index in [0.29, 0.717) is 25.4 Å². The van der Waals surface area contributed by atoms with Crippen LogP contribution in [0.5, 0.6) is 0 Å². The van der Waals surface area contributed by atoms with Crippen molar-refractivity contribution >= 4 is 11.8 Å². The second kappa shape index (κ2) is 5.14. The molecule has 0 aromatic heterocycles. The first kappa shape index (κ1) is 12.5. The zero-order valence-corrected chi connectivity index (χ0v) is 10.4. The topological polar surface area (TPSA) is 66.6 Å². The summed E-state index contributed by atoms with van der Waals surface area (Å²) in [5.41, 5.74) is 5.94. The number of amides is 2. The summed E-state index contributed by atoms with van der Waals surface area (Å²) < 4.78 is 0. The molecule has 0 spiro atoms. The highest BCUT2D eigenvalue weighted by atomic mass is 16.2. The van der Waals surface area contributed by atoms with Gasteiger partial charge in [-0.15, -0.1) is 0 Å². The van der Waals surface area contributed by atoms with E-state index in [2.05, 4.69) is 11.8 Å². The molecule has 17 heavy (non-hydrogen) atoms. The smallest absolute Gasteiger partial charge is 0.243 e. The van der Waals surface area contributed by atoms with Gasteiger partial charge in [-0.25, -0.2) is 0 Å². The van der Waals surface area contributed by atoms with Gasteiger partial charge in [0.2, 0.25) is 11.8 Å². The van der Waals surface area contributed by atoms with Crippen molar-refractivity contribution in [3.63, 3.8) is 0 Å². The summed E-state index contributed by atoms with van der Waals surface area (Å²) in [6, 6.07) is 0.245. The van der Waals surface area contributed by atoms with Crippen molar-refractivity contribution in [2.45, 2.75) is 32.2 Å². The minimum Gasteiger partial charge on any atom is -0.327 e. The Hall–Kier alpha value is -0.940.